The summed E-state index contributed by atoms with van der Waals surface area (Å²) >= 11 is 5.73. The molecule has 66 valence electrons. The smallest absolute Gasteiger partial charge is 0.147 e. The van der Waals surface area contributed by atoms with Crippen LogP contribution in [-0.4, -0.2) is 10.1 Å². The molecule has 0 aliphatic heterocycles. The van der Waals surface area contributed by atoms with Crippen LogP contribution < -0.4 is 0 Å². The third kappa shape index (κ3) is 1.28. The van der Waals surface area contributed by atoms with Gasteiger partial charge < -0.3 is 5.11 Å². The average molecular weight is 195 g/mol. The van der Waals surface area contributed by atoms with Crippen LogP contribution in [0.4, 0.5) is 0 Å². The highest BCUT2D eigenvalue weighted by atomic mass is 35.5. The second-order valence-electron chi connectivity index (χ2n) is 3.04. The lowest BCUT2D eigenvalue weighted by atomic mass is 10.2. The molecular formula is C9H7ClN2O. The molecule has 3 nitrogen and oxygen atoms in total. The lowest BCUT2D eigenvalue weighted by molar-refractivity contribution is 0.176. The van der Waals surface area contributed by atoms with Crippen molar-refractivity contribution in [1.29, 1.82) is 5.26 Å². The van der Waals surface area contributed by atoms with Gasteiger partial charge in [0.2, 0.25) is 0 Å². The fraction of sp³-hybridized carbons (Fsp3) is 0.333. The zero-order valence-electron chi connectivity index (χ0n) is 6.79. The van der Waals surface area contributed by atoms with Gasteiger partial charge in [0.05, 0.1) is 17.4 Å². The van der Waals surface area contributed by atoms with Crippen LogP contribution in [0.2, 0.25) is 5.15 Å². The summed E-state index contributed by atoms with van der Waals surface area (Å²) in [7, 11) is 0. The molecular weight excluding hydrogens is 188 g/mol. The first-order chi connectivity index (χ1) is 6.22. The Bertz CT molecular complexity index is 397. The molecule has 1 aromatic rings. The maximum absolute atomic E-state index is 9.47. The number of aliphatic hydroxyl groups is 1. The van der Waals surface area contributed by atoms with Crippen LogP contribution >= 0.6 is 11.6 Å². The quantitative estimate of drug-likeness (QED) is 0.638. The number of rotatable bonds is 0. The zero-order valence-corrected chi connectivity index (χ0v) is 7.54. The number of nitrogens with zero attached hydrogens (tertiary/aromatic N) is 2. The summed E-state index contributed by atoms with van der Waals surface area (Å²) in [6.45, 7) is 0. The second-order valence-corrected chi connectivity index (χ2v) is 3.40. The molecule has 1 aliphatic carbocycles. The third-order valence-electron chi connectivity index (χ3n) is 2.21. The predicted octanol–water partition coefficient (Wildman–Crippen LogP) is 1.59. The molecule has 0 spiro atoms. The summed E-state index contributed by atoms with van der Waals surface area (Å²) in [5, 5.41) is 18.3. The molecule has 1 aliphatic rings. The Hall–Kier alpha value is -1.11. The van der Waals surface area contributed by atoms with Gasteiger partial charge in [-0.25, -0.2) is 4.98 Å². The summed E-state index contributed by atoms with van der Waals surface area (Å²) in [5.74, 6) is 0. The van der Waals surface area contributed by atoms with E-state index in [1.165, 1.54) is 0 Å². The van der Waals surface area contributed by atoms with Crippen molar-refractivity contribution in [2.24, 2.45) is 0 Å². The molecule has 1 atom stereocenters. The number of aromatic nitrogens is 1. The highest BCUT2D eigenvalue weighted by Gasteiger charge is 2.23. The van der Waals surface area contributed by atoms with Crippen molar-refractivity contribution >= 4 is 11.6 Å². The topological polar surface area (TPSA) is 56.9 Å². The van der Waals surface area contributed by atoms with Gasteiger partial charge in [-0.2, -0.15) is 5.26 Å². The standard InChI is InChI=1S/C9H7ClN2O/c10-9-6(4-11)3-5-1-2-7(13)8(5)12-9/h3,7,13H,1-2H2. The van der Waals surface area contributed by atoms with Crippen molar-refractivity contribution in [3.8, 4) is 6.07 Å². The van der Waals surface area contributed by atoms with E-state index in [0.717, 1.165) is 12.0 Å². The Kier molecular flexibility index (Phi) is 1.95. The molecule has 1 N–H and O–H groups in total. The number of aryl methyl sites for hydroxylation is 1. The Morgan fingerprint density at radius 2 is 2.46 bits per heavy atom. The fourth-order valence-electron chi connectivity index (χ4n) is 1.54. The minimum Gasteiger partial charge on any atom is -0.387 e. The van der Waals surface area contributed by atoms with Crippen molar-refractivity contribution in [3.63, 3.8) is 0 Å². The molecule has 2 rings (SSSR count). The minimum atomic E-state index is -0.514. The first-order valence-corrected chi connectivity index (χ1v) is 4.37. The van der Waals surface area contributed by atoms with Gasteiger partial charge in [-0.1, -0.05) is 11.6 Å². The van der Waals surface area contributed by atoms with E-state index >= 15 is 0 Å². The molecule has 0 aromatic carbocycles. The van der Waals surface area contributed by atoms with E-state index in [0.29, 0.717) is 17.7 Å². The van der Waals surface area contributed by atoms with Crippen LogP contribution in [0.15, 0.2) is 6.07 Å². The normalized spacial score (nSPS) is 19.6. The van der Waals surface area contributed by atoms with E-state index in [-0.39, 0.29) is 5.15 Å². The van der Waals surface area contributed by atoms with Crippen LogP contribution in [0.25, 0.3) is 0 Å². The molecule has 0 radical (unpaired) electrons. The maximum Gasteiger partial charge on any atom is 0.147 e. The fourth-order valence-corrected chi connectivity index (χ4v) is 1.73. The van der Waals surface area contributed by atoms with E-state index in [4.69, 9.17) is 16.9 Å². The number of aliphatic hydroxyl groups excluding tert-OH is 1. The highest BCUT2D eigenvalue weighted by Crippen LogP contribution is 2.31. The van der Waals surface area contributed by atoms with Gasteiger partial charge in [-0.3, -0.25) is 0 Å². The van der Waals surface area contributed by atoms with Crippen molar-refractivity contribution in [2.45, 2.75) is 18.9 Å². The van der Waals surface area contributed by atoms with Crippen molar-refractivity contribution in [2.75, 3.05) is 0 Å². The minimum absolute atomic E-state index is 0.183. The third-order valence-corrected chi connectivity index (χ3v) is 2.50. The first kappa shape index (κ1) is 8.49. The highest BCUT2D eigenvalue weighted by molar-refractivity contribution is 6.30. The SMILES string of the molecule is N#Cc1cc2c(nc1Cl)C(O)CC2. The number of hydrogen-bond donors (Lipinski definition) is 1. The molecule has 0 bridgehead atoms. The monoisotopic (exact) mass is 194 g/mol. The summed E-state index contributed by atoms with van der Waals surface area (Å²) < 4.78 is 0. The van der Waals surface area contributed by atoms with Crippen molar-refractivity contribution in [3.05, 3.63) is 28.0 Å². The molecule has 0 amide bonds. The number of halogens is 1. The van der Waals surface area contributed by atoms with Crippen molar-refractivity contribution < 1.29 is 5.11 Å². The average Bonchev–Trinajstić information content (AvgIpc) is 2.47. The summed E-state index contributed by atoms with van der Waals surface area (Å²) in [4.78, 5) is 4.00. The summed E-state index contributed by atoms with van der Waals surface area (Å²) in [6, 6.07) is 3.67. The van der Waals surface area contributed by atoms with E-state index in [9.17, 15) is 5.11 Å². The Morgan fingerprint density at radius 1 is 1.69 bits per heavy atom. The van der Waals surface area contributed by atoms with E-state index < -0.39 is 6.10 Å². The van der Waals surface area contributed by atoms with Gasteiger partial charge in [0, 0.05) is 0 Å². The first-order valence-electron chi connectivity index (χ1n) is 4.00. The van der Waals surface area contributed by atoms with Gasteiger partial charge in [0.15, 0.2) is 0 Å². The lowest BCUT2D eigenvalue weighted by Gasteiger charge is -2.03. The van der Waals surface area contributed by atoms with Crippen LogP contribution in [0, 0.1) is 11.3 Å². The molecule has 0 saturated carbocycles. The van der Waals surface area contributed by atoms with E-state index in [1.807, 2.05) is 6.07 Å². The molecule has 1 aromatic heterocycles. The molecule has 0 saturated heterocycles. The number of nitriles is 1. The van der Waals surface area contributed by atoms with Crippen molar-refractivity contribution in [1.82, 2.24) is 4.98 Å². The maximum atomic E-state index is 9.47. The molecule has 1 unspecified atom stereocenters. The zero-order chi connectivity index (χ0) is 9.42. The second kappa shape index (κ2) is 2.99. The van der Waals surface area contributed by atoms with E-state index in [1.54, 1.807) is 6.07 Å². The largest absolute Gasteiger partial charge is 0.387 e. The number of fused-ring (bicyclic) bond motifs is 1. The van der Waals surface area contributed by atoms with Crippen LogP contribution in [-0.2, 0) is 6.42 Å². The molecule has 13 heavy (non-hydrogen) atoms. The number of pyridine rings is 1. The van der Waals surface area contributed by atoms with E-state index in [2.05, 4.69) is 4.98 Å². The molecule has 4 heteroatoms. The predicted molar refractivity (Wildman–Crippen MR) is 47.2 cm³/mol. The summed E-state index contributed by atoms with van der Waals surface area (Å²) in [6.07, 6.45) is 0.934. The Balaban J connectivity index is 2.58. The number of hydrogen-bond acceptors (Lipinski definition) is 3. The van der Waals surface area contributed by atoms with Crippen LogP contribution in [0.3, 0.4) is 0 Å². The Labute approximate surface area is 80.6 Å². The van der Waals surface area contributed by atoms with Gasteiger partial charge in [0.1, 0.15) is 11.2 Å². The molecule has 0 fully saturated rings. The Morgan fingerprint density at radius 3 is 3.15 bits per heavy atom. The molecule has 1 heterocycles. The van der Waals surface area contributed by atoms with Crippen LogP contribution in [0.1, 0.15) is 29.3 Å². The lowest BCUT2D eigenvalue weighted by Crippen LogP contribution is -1.96. The summed E-state index contributed by atoms with van der Waals surface area (Å²) in [5.41, 5.74) is 1.95. The van der Waals surface area contributed by atoms with Gasteiger partial charge in [0.25, 0.3) is 0 Å². The van der Waals surface area contributed by atoms with Crippen LogP contribution in [0.5, 0.6) is 0 Å². The van der Waals surface area contributed by atoms with Gasteiger partial charge in [-0.15, -0.1) is 0 Å². The van der Waals surface area contributed by atoms with Gasteiger partial charge in [-0.05, 0) is 24.5 Å². The van der Waals surface area contributed by atoms with Gasteiger partial charge >= 0.3 is 0 Å².